The minimum absolute atomic E-state index is 0.0746. The second-order valence-electron chi connectivity index (χ2n) is 5.06. The van der Waals surface area contributed by atoms with Crippen LogP contribution in [0.5, 0.6) is 0 Å². The summed E-state index contributed by atoms with van der Waals surface area (Å²) in [7, 11) is 0. The van der Waals surface area contributed by atoms with Crippen LogP contribution >= 0.6 is 0 Å². The largest absolute Gasteiger partial charge is 0.459 e. The van der Waals surface area contributed by atoms with Gasteiger partial charge in [0.2, 0.25) is 0 Å². The van der Waals surface area contributed by atoms with Crippen LogP contribution in [0, 0.1) is 0 Å². The highest BCUT2D eigenvalue weighted by Gasteiger charge is 2.14. The molecule has 1 aromatic heterocycles. The van der Waals surface area contributed by atoms with Crippen LogP contribution in [0.4, 0.5) is 0 Å². The lowest BCUT2D eigenvalue weighted by atomic mass is 10.1. The smallest absolute Gasteiger partial charge is 0.134 e. The number of hydrogen-bond acceptors (Lipinski definition) is 4. The van der Waals surface area contributed by atoms with Gasteiger partial charge in [-0.25, -0.2) is 0 Å². The van der Waals surface area contributed by atoms with E-state index in [1.54, 1.807) is 0 Å². The lowest BCUT2D eigenvalue weighted by Gasteiger charge is -2.13. The Morgan fingerprint density at radius 1 is 1.24 bits per heavy atom. The predicted octanol–water partition coefficient (Wildman–Crippen LogP) is 3.48. The molecule has 1 unspecified atom stereocenters. The van der Waals surface area contributed by atoms with Crippen LogP contribution in [0.1, 0.15) is 32.1 Å². The van der Waals surface area contributed by atoms with Crippen LogP contribution in [-0.2, 0) is 22.6 Å². The average Bonchev–Trinajstić information content (AvgIpc) is 2.86. The number of rotatable bonds is 9. The normalized spacial score (nSPS) is 12.9. The van der Waals surface area contributed by atoms with Crippen molar-refractivity contribution in [1.82, 2.24) is 5.32 Å². The zero-order valence-corrected chi connectivity index (χ0v) is 13.1. The first-order valence-corrected chi connectivity index (χ1v) is 7.65. The fourth-order valence-corrected chi connectivity index (χ4v) is 2.25. The Bertz CT molecular complexity index is 550. The van der Waals surface area contributed by atoms with Gasteiger partial charge in [0.05, 0.1) is 25.9 Å². The van der Waals surface area contributed by atoms with Gasteiger partial charge in [0.25, 0.3) is 0 Å². The van der Waals surface area contributed by atoms with Gasteiger partial charge >= 0.3 is 0 Å². The highest BCUT2D eigenvalue weighted by molar-refractivity contribution is 5.82. The molecule has 1 atom stereocenters. The molecule has 0 aliphatic rings. The molecule has 1 heterocycles. The standard InChI is InChI=1S/C17H25NO3/c1-4-18-10-17-15(12-20-13(3)11-19-5-2)14-8-6-7-9-16(14)21-17/h6-9,13,18H,4-5,10-12H2,1-3H3. The van der Waals surface area contributed by atoms with Crippen LogP contribution in [-0.4, -0.2) is 25.9 Å². The molecule has 116 valence electrons. The molecular weight excluding hydrogens is 266 g/mol. The maximum atomic E-state index is 5.94. The quantitative estimate of drug-likeness (QED) is 0.768. The molecule has 2 aromatic rings. The molecule has 0 aliphatic carbocycles. The molecule has 2 rings (SSSR count). The van der Waals surface area contributed by atoms with E-state index in [1.807, 2.05) is 32.0 Å². The fraction of sp³-hybridized carbons (Fsp3) is 0.529. The SMILES string of the molecule is CCNCc1oc2ccccc2c1COC(C)COCC. The minimum Gasteiger partial charge on any atom is -0.459 e. The van der Waals surface area contributed by atoms with Crippen LogP contribution in [0.3, 0.4) is 0 Å². The summed E-state index contributed by atoms with van der Waals surface area (Å²) < 4.78 is 17.2. The first-order valence-electron chi connectivity index (χ1n) is 7.65. The van der Waals surface area contributed by atoms with E-state index in [-0.39, 0.29) is 6.10 Å². The molecule has 0 spiro atoms. The van der Waals surface area contributed by atoms with Crippen LogP contribution < -0.4 is 5.32 Å². The Morgan fingerprint density at radius 3 is 2.81 bits per heavy atom. The first kappa shape index (κ1) is 16.0. The number of para-hydroxylation sites is 1. The highest BCUT2D eigenvalue weighted by Crippen LogP contribution is 2.26. The summed E-state index contributed by atoms with van der Waals surface area (Å²) in [5.41, 5.74) is 2.05. The van der Waals surface area contributed by atoms with Crippen LogP contribution in [0.2, 0.25) is 0 Å². The summed E-state index contributed by atoms with van der Waals surface area (Å²) in [6, 6.07) is 8.10. The first-order chi connectivity index (χ1) is 10.3. The van der Waals surface area contributed by atoms with Crippen LogP contribution in [0.25, 0.3) is 11.0 Å². The molecule has 1 aromatic carbocycles. The van der Waals surface area contributed by atoms with Crippen molar-refractivity contribution in [1.29, 1.82) is 0 Å². The summed E-state index contributed by atoms with van der Waals surface area (Å²) >= 11 is 0. The number of hydrogen-bond donors (Lipinski definition) is 1. The van der Waals surface area contributed by atoms with Crippen molar-refractivity contribution in [2.45, 2.75) is 40.0 Å². The van der Waals surface area contributed by atoms with Crippen molar-refractivity contribution in [3.8, 4) is 0 Å². The Kier molecular flexibility index (Phi) is 6.23. The number of benzene rings is 1. The molecule has 0 amide bonds. The Hall–Kier alpha value is -1.36. The van der Waals surface area contributed by atoms with Crippen LogP contribution in [0.15, 0.2) is 28.7 Å². The summed E-state index contributed by atoms with van der Waals surface area (Å²) in [4.78, 5) is 0. The van der Waals surface area contributed by atoms with E-state index in [0.717, 1.165) is 35.4 Å². The van der Waals surface area contributed by atoms with Gasteiger partial charge in [-0.15, -0.1) is 0 Å². The molecule has 4 nitrogen and oxygen atoms in total. The van der Waals surface area contributed by atoms with Crippen molar-refractivity contribution < 1.29 is 13.9 Å². The predicted molar refractivity (Wildman–Crippen MR) is 84.3 cm³/mol. The summed E-state index contributed by atoms with van der Waals surface area (Å²) in [5.74, 6) is 0.960. The molecule has 0 saturated heterocycles. The van der Waals surface area contributed by atoms with Gasteiger partial charge in [-0.2, -0.15) is 0 Å². The minimum atomic E-state index is 0.0746. The third-order valence-corrected chi connectivity index (χ3v) is 3.39. The van der Waals surface area contributed by atoms with E-state index in [9.17, 15) is 0 Å². The third kappa shape index (κ3) is 4.30. The molecule has 0 fully saturated rings. The molecule has 1 N–H and O–H groups in total. The van der Waals surface area contributed by atoms with Gasteiger partial charge in [-0.05, 0) is 26.5 Å². The molecular formula is C17H25NO3. The fourth-order valence-electron chi connectivity index (χ4n) is 2.25. The summed E-state index contributed by atoms with van der Waals surface area (Å²) in [6.07, 6.45) is 0.0746. The van der Waals surface area contributed by atoms with E-state index in [4.69, 9.17) is 13.9 Å². The van der Waals surface area contributed by atoms with Crippen molar-refractivity contribution in [3.63, 3.8) is 0 Å². The van der Waals surface area contributed by atoms with E-state index in [2.05, 4.69) is 18.3 Å². The van der Waals surface area contributed by atoms with Gasteiger partial charge in [0, 0.05) is 17.6 Å². The second-order valence-corrected chi connectivity index (χ2v) is 5.06. The molecule has 0 saturated carbocycles. The van der Waals surface area contributed by atoms with Crippen molar-refractivity contribution in [3.05, 3.63) is 35.6 Å². The lowest BCUT2D eigenvalue weighted by Crippen LogP contribution is -2.17. The van der Waals surface area contributed by atoms with E-state index in [1.165, 1.54) is 0 Å². The van der Waals surface area contributed by atoms with E-state index < -0.39 is 0 Å². The van der Waals surface area contributed by atoms with Gasteiger partial charge in [0.15, 0.2) is 0 Å². The molecule has 0 aliphatic heterocycles. The van der Waals surface area contributed by atoms with Crippen molar-refractivity contribution >= 4 is 11.0 Å². The number of nitrogens with one attached hydrogen (secondary N) is 1. The Morgan fingerprint density at radius 2 is 2.05 bits per heavy atom. The summed E-state index contributed by atoms with van der Waals surface area (Å²) in [5, 5.41) is 4.45. The van der Waals surface area contributed by atoms with Gasteiger partial charge in [0.1, 0.15) is 11.3 Å². The number of furan rings is 1. The monoisotopic (exact) mass is 291 g/mol. The molecule has 0 radical (unpaired) electrons. The van der Waals surface area contributed by atoms with Gasteiger partial charge in [-0.1, -0.05) is 25.1 Å². The zero-order valence-electron chi connectivity index (χ0n) is 13.1. The third-order valence-electron chi connectivity index (χ3n) is 3.39. The summed E-state index contributed by atoms with van der Waals surface area (Å²) in [6.45, 7) is 9.63. The van der Waals surface area contributed by atoms with Gasteiger partial charge < -0.3 is 19.2 Å². The van der Waals surface area contributed by atoms with Crippen molar-refractivity contribution in [2.24, 2.45) is 0 Å². The molecule has 0 bridgehead atoms. The second kappa shape index (κ2) is 8.17. The maximum Gasteiger partial charge on any atom is 0.134 e. The Balaban J connectivity index is 2.11. The molecule has 4 heteroatoms. The van der Waals surface area contributed by atoms with E-state index in [0.29, 0.717) is 19.8 Å². The number of ether oxygens (including phenoxy) is 2. The molecule has 21 heavy (non-hydrogen) atoms. The highest BCUT2D eigenvalue weighted by atomic mass is 16.5. The zero-order chi connectivity index (χ0) is 15.1. The van der Waals surface area contributed by atoms with E-state index >= 15 is 0 Å². The Labute approximate surface area is 126 Å². The lowest BCUT2D eigenvalue weighted by molar-refractivity contribution is -0.0117. The van der Waals surface area contributed by atoms with Crippen molar-refractivity contribution in [2.75, 3.05) is 19.8 Å². The number of fused-ring (bicyclic) bond motifs is 1. The maximum absolute atomic E-state index is 5.94. The van der Waals surface area contributed by atoms with Gasteiger partial charge in [-0.3, -0.25) is 0 Å². The topological polar surface area (TPSA) is 43.6 Å². The average molecular weight is 291 g/mol.